The van der Waals surface area contributed by atoms with Crippen molar-refractivity contribution in [1.29, 1.82) is 0 Å². The first-order valence-corrected chi connectivity index (χ1v) is 6.59. The van der Waals surface area contributed by atoms with Crippen molar-refractivity contribution in [2.75, 3.05) is 14.2 Å². The monoisotopic (exact) mass is 277 g/mol. The van der Waals surface area contributed by atoms with Gasteiger partial charge in [0.25, 0.3) is 0 Å². The minimum Gasteiger partial charge on any atom is -0.497 e. The second-order valence-electron chi connectivity index (χ2n) is 5.19. The summed E-state index contributed by atoms with van der Waals surface area (Å²) >= 11 is 0. The number of hydrogen-bond acceptors (Lipinski definition) is 3. The third kappa shape index (κ3) is 2.76. The molecule has 0 saturated heterocycles. The first-order chi connectivity index (χ1) is 9.45. The number of methoxy groups -OCH3 is 1. The number of carbonyl (C=O) groups excluding carboxylic acids is 1. The smallest absolute Gasteiger partial charge is 0.326 e. The Balaban J connectivity index is 2.03. The molecule has 0 aliphatic heterocycles. The molecule has 20 heavy (non-hydrogen) atoms. The van der Waals surface area contributed by atoms with Crippen LogP contribution in [0.1, 0.15) is 24.8 Å². The number of amides is 1. The van der Waals surface area contributed by atoms with Gasteiger partial charge in [0.15, 0.2) is 0 Å². The molecular formula is C15H19NO4. The largest absolute Gasteiger partial charge is 0.497 e. The molecule has 5 heteroatoms. The van der Waals surface area contributed by atoms with E-state index in [1.807, 2.05) is 24.3 Å². The summed E-state index contributed by atoms with van der Waals surface area (Å²) in [6.07, 6.45) is 0.767. The third-order valence-electron chi connectivity index (χ3n) is 3.92. The second kappa shape index (κ2) is 5.53. The highest BCUT2D eigenvalue weighted by atomic mass is 16.5. The molecule has 5 nitrogen and oxygen atoms in total. The molecule has 1 amide bonds. The summed E-state index contributed by atoms with van der Waals surface area (Å²) in [6, 6.07) is 6.87. The van der Waals surface area contributed by atoms with Gasteiger partial charge in [0.1, 0.15) is 11.8 Å². The van der Waals surface area contributed by atoms with E-state index in [9.17, 15) is 9.59 Å². The number of aliphatic carboxylic acids is 1. The molecule has 0 bridgehead atoms. The van der Waals surface area contributed by atoms with Crippen LogP contribution in [0.3, 0.4) is 0 Å². The van der Waals surface area contributed by atoms with Gasteiger partial charge in [-0.05, 0) is 37.0 Å². The zero-order chi connectivity index (χ0) is 14.9. The lowest BCUT2D eigenvalue weighted by Crippen LogP contribution is -2.41. The van der Waals surface area contributed by atoms with Crippen LogP contribution >= 0.6 is 0 Å². The summed E-state index contributed by atoms with van der Waals surface area (Å²) in [5.74, 6) is -0.269. The number of ether oxygens (including phenoxy) is 1. The number of hydrogen-bond donors (Lipinski definition) is 1. The summed E-state index contributed by atoms with van der Waals surface area (Å²) < 4.78 is 5.17. The molecule has 3 atom stereocenters. The van der Waals surface area contributed by atoms with E-state index >= 15 is 0 Å². The fourth-order valence-corrected chi connectivity index (χ4v) is 2.33. The predicted octanol–water partition coefficient (Wildman–Crippen LogP) is 1.73. The SMILES string of the molecule is COc1cccc(C2CC2C(=O)N(C)C(C)C(=O)O)c1. The van der Waals surface area contributed by atoms with Crippen LogP contribution in [-0.2, 0) is 9.59 Å². The molecule has 0 spiro atoms. The van der Waals surface area contributed by atoms with Gasteiger partial charge in [0, 0.05) is 13.0 Å². The van der Waals surface area contributed by atoms with Crippen LogP contribution in [0.5, 0.6) is 5.75 Å². The quantitative estimate of drug-likeness (QED) is 0.890. The van der Waals surface area contributed by atoms with E-state index < -0.39 is 12.0 Å². The maximum Gasteiger partial charge on any atom is 0.326 e. The Morgan fingerprint density at radius 3 is 2.75 bits per heavy atom. The molecule has 108 valence electrons. The summed E-state index contributed by atoms with van der Waals surface area (Å²) in [6.45, 7) is 1.52. The Hall–Kier alpha value is -2.04. The van der Waals surface area contributed by atoms with Gasteiger partial charge < -0.3 is 14.7 Å². The fraction of sp³-hybridized carbons (Fsp3) is 0.467. The van der Waals surface area contributed by atoms with Gasteiger partial charge in [-0.1, -0.05) is 12.1 Å². The first-order valence-electron chi connectivity index (χ1n) is 6.59. The van der Waals surface area contributed by atoms with Crippen LogP contribution in [-0.4, -0.2) is 42.1 Å². The Kier molecular flexibility index (Phi) is 3.97. The molecule has 0 aromatic heterocycles. The number of carboxylic acid groups (broad SMARTS) is 1. The van der Waals surface area contributed by atoms with Crippen molar-refractivity contribution in [3.63, 3.8) is 0 Å². The molecule has 1 aliphatic rings. The van der Waals surface area contributed by atoms with Crippen LogP contribution in [0.4, 0.5) is 0 Å². The highest BCUT2D eigenvalue weighted by Gasteiger charge is 2.46. The minimum absolute atomic E-state index is 0.104. The molecular weight excluding hydrogens is 258 g/mol. The summed E-state index contributed by atoms with van der Waals surface area (Å²) in [4.78, 5) is 24.4. The third-order valence-corrected chi connectivity index (χ3v) is 3.92. The topological polar surface area (TPSA) is 66.8 Å². The van der Waals surface area contributed by atoms with Crippen molar-refractivity contribution in [3.8, 4) is 5.75 Å². The number of likely N-dealkylation sites (N-methyl/N-ethyl adjacent to an activating group) is 1. The molecule has 1 fully saturated rings. The van der Waals surface area contributed by atoms with E-state index in [1.165, 1.54) is 11.8 Å². The summed E-state index contributed by atoms with van der Waals surface area (Å²) in [7, 11) is 3.15. The van der Waals surface area contributed by atoms with E-state index in [0.29, 0.717) is 0 Å². The molecule has 1 aromatic rings. The Labute approximate surface area is 118 Å². The van der Waals surface area contributed by atoms with Gasteiger partial charge in [-0.25, -0.2) is 4.79 Å². The number of carboxylic acids is 1. The van der Waals surface area contributed by atoms with Crippen LogP contribution in [0.25, 0.3) is 0 Å². The van der Waals surface area contributed by atoms with Gasteiger partial charge >= 0.3 is 5.97 Å². The summed E-state index contributed by atoms with van der Waals surface area (Å²) in [5, 5.41) is 8.94. The molecule has 2 rings (SSSR count). The number of benzene rings is 1. The van der Waals surface area contributed by atoms with E-state index in [2.05, 4.69) is 0 Å². The van der Waals surface area contributed by atoms with Crippen molar-refractivity contribution < 1.29 is 19.4 Å². The average molecular weight is 277 g/mol. The molecule has 1 aromatic carbocycles. The molecule has 1 aliphatic carbocycles. The molecule has 3 unspecified atom stereocenters. The van der Waals surface area contributed by atoms with Crippen LogP contribution in [0.15, 0.2) is 24.3 Å². The second-order valence-corrected chi connectivity index (χ2v) is 5.19. The van der Waals surface area contributed by atoms with E-state index in [1.54, 1.807) is 14.2 Å². The molecule has 0 heterocycles. The molecule has 0 radical (unpaired) electrons. The van der Waals surface area contributed by atoms with Gasteiger partial charge in [0.2, 0.25) is 5.91 Å². The number of carbonyl (C=O) groups is 2. The lowest BCUT2D eigenvalue weighted by atomic mass is 10.1. The number of rotatable bonds is 5. The lowest BCUT2D eigenvalue weighted by molar-refractivity contribution is -0.148. The highest BCUT2D eigenvalue weighted by Crippen LogP contribution is 2.49. The normalized spacial score (nSPS) is 21.9. The Morgan fingerprint density at radius 1 is 1.45 bits per heavy atom. The van der Waals surface area contributed by atoms with Crippen molar-refractivity contribution in [2.24, 2.45) is 5.92 Å². The fourth-order valence-electron chi connectivity index (χ4n) is 2.33. The standard InChI is InChI=1S/C15H19NO4/c1-9(15(18)19)16(2)14(17)13-8-12(13)10-5-4-6-11(7-10)20-3/h4-7,9,12-13H,8H2,1-3H3,(H,18,19). The van der Waals surface area contributed by atoms with E-state index in [0.717, 1.165) is 17.7 Å². The van der Waals surface area contributed by atoms with Crippen LogP contribution < -0.4 is 4.74 Å². The predicted molar refractivity (Wildman–Crippen MR) is 73.7 cm³/mol. The minimum atomic E-state index is -0.987. The van der Waals surface area contributed by atoms with Crippen LogP contribution in [0.2, 0.25) is 0 Å². The lowest BCUT2D eigenvalue weighted by Gasteiger charge is -2.21. The van der Waals surface area contributed by atoms with E-state index in [-0.39, 0.29) is 17.7 Å². The van der Waals surface area contributed by atoms with Gasteiger partial charge in [-0.15, -0.1) is 0 Å². The highest BCUT2D eigenvalue weighted by molar-refractivity contribution is 5.87. The Morgan fingerprint density at radius 2 is 2.15 bits per heavy atom. The zero-order valence-corrected chi connectivity index (χ0v) is 11.9. The van der Waals surface area contributed by atoms with Crippen molar-refractivity contribution in [1.82, 2.24) is 4.90 Å². The van der Waals surface area contributed by atoms with Crippen molar-refractivity contribution in [3.05, 3.63) is 29.8 Å². The zero-order valence-electron chi connectivity index (χ0n) is 11.9. The van der Waals surface area contributed by atoms with Crippen LogP contribution in [0, 0.1) is 5.92 Å². The maximum atomic E-state index is 12.2. The average Bonchev–Trinajstić information content (AvgIpc) is 3.25. The van der Waals surface area contributed by atoms with Gasteiger partial charge in [-0.2, -0.15) is 0 Å². The van der Waals surface area contributed by atoms with E-state index in [4.69, 9.17) is 9.84 Å². The van der Waals surface area contributed by atoms with Crippen molar-refractivity contribution in [2.45, 2.75) is 25.3 Å². The summed E-state index contributed by atoms with van der Waals surface area (Å²) in [5.41, 5.74) is 1.07. The Bertz CT molecular complexity index is 528. The number of nitrogens with zero attached hydrogens (tertiary/aromatic N) is 1. The molecule has 1 saturated carbocycles. The van der Waals surface area contributed by atoms with Gasteiger partial charge in [-0.3, -0.25) is 4.79 Å². The van der Waals surface area contributed by atoms with Crippen molar-refractivity contribution >= 4 is 11.9 Å². The first kappa shape index (κ1) is 14.4. The maximum absolute atomic E-state index is 12.2. The van der Waals surface area contributed by atoms with Gasteiger partial charge in [0.05, 0.1) is 7.11 Å². The molecule has 1 N–H and O–H groups in total.